The minimum atomic E-state index is -1.59. The SMILES string of the molecule is NC(N)=Nc1ccc(NC(=O)NCC(=O)N[C@@H](CC(=O)O)C(=O)N[C@H](C(=O)O)c2ccccc2)cc1. The minimum Gasteiger partial charge on any atom is -0.481 e. The molecule has 0 unspecified atom stereocenters. The number of aliphatic carboxylic acids is 2. The summed E-state index contributed by atoms with van der Waals surface area (Å²) in [4.78, 5) is 63.5. The molecule has 14 nitrogen and oxygen atoms in total. The molecule has 2 aromatic carbocycles. The van der Waals surface area contributed by atoms with Crippen LogP contribution in [0.25, 0.3) is 0 Å². The molecule has 0 aliphatic rings. The number of amides is 4. The fraction of sp³-hybridized carbons (Fsp3) is 0.182. The molecule has 4 amide bonds. The summed E-state index contributed by atoms with van der Waals surface area (Å²) in [7, 11) is 0. The fourth-order valence-corrected chi connectivity index (χ4v) is 2.91. The molecule has 2 aromatic rings. The van der Waals surface area contributed by atoms with Crippen LogP contribution in [0, 0.1) is 0 Å². The van der Waals surface area contributed by atoms with Crippen molar-refractivity contribution < 1.29 is 34.2 Å². The first-order chi connectivity index (χ1) is 17.0. The number of carbonyl (C=O) groups is 5. The Hall–Kier alpha value is -5.14. The van der Waals surface area contributed by atoms with Crippen molar-refractivity contribution in [3.63, 3.8) is 0 Å². The van der Waals surface area contributed by atoms with Crippen LogP contribution in [0.1, 0.15) is 18.0 Å². The summed E-state index contributed by atoms with van der Waals surface area (Å²) in [6.07, 6.45) is -0.812. The number of benzene rings is 2. The molecule has 36 heavy (non-hydrogen) atoms. The number of rotatable bonds is 11. The number of carboxylic acids is 2. The molecular weight excluding hydrogens is 474 g/mol. The number of guanidine groups is 1. The molecule has 0 heterocycles. The molecule has 10 N–H and O–H groups in total. The zero-order valence-electron chi connectivity index (χ0n) is 18.8. The molecular formula is C22H25N7O7. The van der Waals surface area contributed by atoms with E-state index in [1.54, 1.807) is 18.2 Å². The van der Waals surface area contributed by atoms with Crippen molar-refractivity contribution in [3.05, 3.63) is 60.2 Å². The van der Waals surface area contributed by atoms with Gasteiger partial charge in [-0.1, -0.05) is 30.3 Å². The van der Waals surface area contributed by atoms with E-state index in [1.807, 2.05) is 0 Å². The molecule has 0 aromatic heterocycles. The van der Waals surface area contributed by atoms with Gasteiger partial charge in [-0.25, -0.2) is 14.6 Å². The molecule has 0 saturated carbocycles. The number of nitrogens with zero attached hydrogens (tertiary/aromatic N) is 1. The molecule has 0 saturated heterocycles. The maximum atomic E-state index is 12.6. The number of anilines is 1. The molecule has 14 heteroatoms. The molecule has 0 radical (unpaired) electrons. The largest absolute Gasteiger partial charge is 0.481 e. The van der Waals surface area contributed by atoms with Gasteiger partial charge in [-0.3, -0.25) is 14.4 Å². The third kappa shape index (κ3) is 9.01. The van der Waals surface area contributed by atoms with Crippen LogP contribution < -0.4 is 32.7 Å². The second kappa shape index (κ2) is 12.9. The van der Waals surface area contributed by atoms with Crippen molar-refractivity contribution >= 4 is 47.1 Å². The highest BCUT2D eigenvalue weighted by Gasteiger charge is 2.29. The van der Waals surface area contributed by atoms with Crippen molar-refractivity contribution in [2.75, 3.05) is 11.9 Å². The van der Waals surface area contributed by atoms with Gasteiger partial charge in [0, 0.05) is 5.69 Å². The summed E-state index contributed by atoms with van der Waals surface area (Å²) in [6.45, 7) is -0.595. The van der Waals surface area contributed by atoms with Crippen LogP contribution >= 0.6 is 0 Å². The van der Waals surface area contributed by atoms with Gasteiger partial charge in [0.05, 0.1) is 18.7 Å². The molecule has 2 atom stereocenters. The number of hydrogen-bond acceptors (Lipinski definition) is 6. The molecule has 190 valence electrons. The van der Waals surface area contributed by atoms with E-state index in [1.165, 1.54) is 36.4 Å². The lowest BCUT2D eigenvalue weighted by molar-refractivity contribution is -0.143. The minimum absolute atomic E-state index is 0.132. The predicted octanol–water partition coefficient (Wildman–Crippen LogP) is -0.385. The first-order valence-corrected chi connectivity index (χ1v) is 10.4. The van der Waals surface area contributed by atoms with Gasteiger partial charge in [0.25, 0.3) is 0 Å². The third-order valence-corrected chi connectivity index (χ3v) is 4.49. The summed E-state index contributed by atoms with van der Waals surface area (Å²) in [6, 6.07) is 10.0. The Bertz CT molecular complexity index is 1130. The summed E-state index contributed by atoms with van der Waals surface area (Å²) in [5, 5.41) is 27.7. The fourth-order valence-electron chi connectivity index (χ4n) is 2.91. The lowest BCUT2D eigenvalue weighted by Gasteiger charge is -2.21. The second-order valence-corrected chi connectivity index (χ2v) is 7.30. The quantitative estimate of drug-likeness (QED) is 0.148. The lowest BCUT2D eigenvalue weighted by Crippen LogP contribution is -2.52. The summed E-state index contributed by atoms with van der Waals surface area (Å²) >= 11 is 0. The highest BCUT2D eigenvalue weighted by molar-refractivity contribution is 5.95. The van der Waals surface area contributed by atoms with E-state index < -0.39 is 54.8 Å². The number of carboxylic acid groups (broad SMARTS) is 2. The molecule has 0 fully saturated rings. The Kier molecular flexibility index (Phi) is 9.73. The summed E-state index contributed by atoms with van der Waals surface area (Å²) in [5.74, 6) is -4.81. The van der Waals surface area contributed by atoms with E-state index in [9.17, 15) is 29.1 Å². The Morgan fingerprint density at radius 1 is 0.889 bits per heavy atom. The number of nitrogens with one attached hydrogen (secondary N) is 4. The monoisotopic (exact) mass is 499 g/mol. The maximum absolute atomic E-state index is 12.6. The van der Waals surface area contributed by atoms with Crippen LogP contribution in [0.2, 0.25) is 0 Å². The standard InChI is InChI=1S/C22H25N7O7/c23-21(24)26-13-6-8-14(9-7-13)27-22(36)25-11-16(30)28-15(10-17(31)32)19(33)29-18(20(34)35)12-4-2-1-3-5-12/h1-9,15,18H,10-11H2,(H,28,30)(H,29,33)(H,31,32)(H,34,35)(H4,23,24,26)(H2,25,27,36)/t15-,18-/m0/s1. The molecule has 0 aliphatic carbocycles. The van der Waals surface area contributed by atoms with Gasteiger partial charge in [0.1, 0.15) is 6.04 Å². The van der Waals surface area contributed by atoms with Crippen molar-refractivity contribution in [1.29, 1.82) is 0 Å². The molecule has 0 spiro atoms. The highest BCUT2D eigenvalue weighted by Crippen LogP contribution is 2.16. The first-order valence-electron chi connectivity index (χ1n) is 10.4. The van der Waals surface area contributed by atoms with Crippen LogP contribution in [0.5, 0.6) is 0 Å². The normalized spacial score (nSPS) is 11.8. The summed E-state index contributed by atoms with van der Waals surface area (Å²) < 4.78 is 0. The number of nitrogens with two attached hydrogens (primary N) is 2. The van der Waals surface area contributed by atoms with Crippen molar-refractivity contribution in [1.82, 2.24) is 16.0 Å². The first kappa shape index (κ1) is 27.1. The van der Waals surface area contributed by atoms with E-state index >= 15 is 0 Å². The second-order valence-electron chi connectivity index (χ2n) is 7.30. The Labute approximate surface area is 204 Å². The molecule has 0 aliphatic heterocycles. The molecule has 0 bridgehead atoms. The van der Waals surface area contributed by atoms with Gasteiger partial charge in [0.15, 0.2) is 12.0 Å². The van der Waals surface area contributed by atoms with E-state index in [0.29, 0.717) is 11.4 Å². The van der Waals surface area contributed by atoms with Crippen LogP contribution in [-0.2, 0) is 19.2 Å². The highest BCUT2D eigenvalue weighted by atomic mass is 16.4. The van der Waals surface area contributed by atoms with Crippen LogP contribution in [0.4, 0.5) is 16.2 Å². The Balaban J connectivity index is 1.94. The van der Waals surface area contributed by atoms with Crippen molar-refractivity contribution in [2.24, 2.45) is 16.5 Å². The van der Waals surface area contributed by atoms with Gasteiger partial charge in [-0.15, -0.1) is 0 Å². The number of aliphatic imine (C=N–C) groups is 1. The van der Waals surface area contributed by atoms with Crippen LogP contribution in [0.15, 0.2) is 59.6 Å². The summed E-state index contributed by atoms with van der Waals surface area (Å²) in [5.41, 5.74) is 11.6. The van der Waals surface area contributed by atoms with E-state index in [0.717, 1.165) is 0 Å². The van der Waals surface area contributed by atoms with Crippen molar-refractivity contribution in [2.45, 2.75) is 18.5 Å². The average Bonchev–Trinajstić information content (AvgIpc) is 2.81. The predicted molar refractivity (Wildman–Crippen MR) is 128 cm³/mol. The lowest BCUT2D eigenvalue weighted by atomic mass is 10.1. The van der Waals surface area contributed by atoms with Gasteiger partial charge in [0.2, 0.25) is 11.8 Å². The maximum Gasteiger partial charge on any atom is 0.330 e. The van der Waals surface area contributed by atoms with Crippen molar-refractivity contribution in [3.8, 4) is 0 Å². The number of hydrogen-bond donors (Lipinski definition) is 8. The van der Waals surface area contributed by atoms with Crippen LogP contribution in [-0.4, -0.2) is 58.5 Å². The topological polar surface area (TPSA) is 238 Å². The van der Waals surface area contributed by atoms with Gasteiger partial charge in [-0.05, 0) is 29.8 Å². The Morgan fingerprint density at radius 3 is 2.08 bits per heavy atom. The third-order valence-electron chi connectivity index (χ3n) is 4.49. The zero-order valence-corrected chi connectivity index (χ0v) is 18.8. The number of carbonyl (C=O) groups excluding carboxylic acids is 3. The van der Waals surface area contributed by atoms with E-state index in [-0.39, 0.29) is 11.5 Å². The van der Waals surface area contributed by atoms with Gasteiger partial charge < -0.3 is 42.9 Å². The zero-order chi connectivity index (χ0) is 26.7. The van der Waals surface area contributed by atoms with E-state index in [2.05, 4.69) is 26.3 Å². The van der Waals surface area contributed by atoms with Gasteiger partial charge >= 0.3 is 18.0 Å². The van der Waals surface area contributed by atoms with Crippen LogP contribution in [0.3, 0.4) is 0 Å². The number of urea groups is 1. The average molecular weight is 499 g/mol. The van der Waals surface area contributed by atoms with E-state index in [4.69, 9.17) is 16.6 Å². The Morgan fingerprint density at radius 2 is 1.53 bits per heavy atom. The molecule has 2 rings (SSSR count). The van der Waals surface area contributed by atoms with Gasteiger partial charge in [-0.2, -0.15) is 0 Å². The smallest absolute Gasteiger partial charge is 0.330 e.